The standard InChI is InChI=1S/C11H16N4O/c1-3-15-11(13-7-14-15)5-10(12)9-4-8(2)16-6-9/h4,6-7,10H,3,5,12H2,1-2H3. The van der Waals surface area contributed by atoms with Gasteiger partial charge >= 0.3 is 0 Å². The SMILES string of the molecule is CCn1ncnc1CC(N)c1coc(C)c1. The molecule has 1 unspecified atom stereocenters. The molecule has 0 spiro atoms. The molecule has 2 rings (SSSR count). The van der Waals surface area contributed by atoms with Crippen LogP contribution >= 0.6 is 0 Å². The summed E-state index contributed by atoms with van der Waals surface area (Å²) >= 11 is 0. The van der Waals surface area contributed by atoms with Crippen molar-refractivity contribution in [2.24, 2.45) is 5.73 Å². The lowest BCUT2D eigenvalue weighted by Crippen LogP contribution is -2.16. The van der Waals surface area contributed by atoms with Gasteiger partial charge in [-0.05, 0) is 19.9 Å². The van der Waals surface area contributed by atoms with Crippen LogP contribution in [0.1, 0.15) is 30.1 Å². The van der Waals surface area contributed by atoms with Crippen LogP contribution in [-0.2, 0) is 13.0 Å². The molecular formula is C11H16N4O. The first-order valence-corrected chi connectivity index (χ1v) is 5.38. The minimum Gasteiger partial charge on any atom is -0.469 e. The molecule has 0 saturated carbocycles. The summed E-state index contributed by atoms with van der Waals surface area (Å²) in [5.74, 6) is 1.79. The summed E-state index contributed by atoms with van der Waals surface area (Å²) in [5.41, 5.74) is 7.08. The molecule has 5 heteroatoms. The van der Waals surface area contributed by atoms with Crippen molar-refractivity contribution in [2.75, 3.05) is 0 Å². The third kappa shape index (κ3) is 2.14. The van der Waals surface area contributed by atoms with Crippen molar-refractivity contribution >= 4 is 0 Å². The third-order valence-corrected chi connectivity index (χ3v) is 2.58. The van der Waals surface area contributed by atoms with Crippen LogP contribution in [0, 0.1) is 6.92 Å². The van der Waals surface area contributed by atoms with Crippen molar-refractivity contribution in [3.63, 3.8) is 0 Å². The molecule has 0 bridgehead atoms. The molecule has 0 saturated heterocycles. The van der Waals surface area contributed by atoms with Crippen LogP contribution < -0.4 is 5.73 Å². The van der Waals surface area contributed by atoms with Crippen molar-refractivity contribution < 1.29 is 4.42 Å². The predicted octanol–water partition coefficient (Wildman–Crippen LogP) is 1.44. The summed E-state index contributed by atoms with van der Waals surface area (Å²) in [6, 6.07) is 1.86. The van der Waals surface area contributed by atoms with Crippen molar-refractivity contribution in [2.45, 2.75) is 32.9 Å². The molecule has 2 aromatic rings. The van der Waals surface area contributed by atoms with E-state index in [9.17, 15) is 0 Å². The molecule has 86 valence electrons. The van der Waals surface area contributed by atoms with Gasteiger partial charge in [-0.2, -0.15) is 5.10 Å². The van der Waals surface area contributed by atoms with E-state index in [2.05, 4.69) is 10.1 Å². The summed E-state index contributed by atoms with van der Waals surface area (Å²) in [6.07, 6.45) is 3.94. The number of aryl methyl sites for hydroxylation is 2. The van der Waals surface area contributed by atoms with E-state index in [0.717, 1.165) is 23.7 Å². The molecule has 2 heterocycles. The Hall–Kier alpha value is -1.62. The molecule has 1 atom stereocenters. The van der Waals surface area contributed by atoms with Crippen LogP contribution in [0.2, 0.25) is 0 Å². The summed E-state index contributed by atoms with van der Waals surface area (Å²) in [5, 5.41) is 4.11. The molecule has 0 aliphatic heterocycles. The van der Waals surface area contributed by atoms with Gasteiger partial charge < -0.3 is 10.2 Å². The Labute approximate surface area is 94.3 Å². The average Bonchev–Trinajstić information content (AvgIpc) is 2.86. The zero-order valence-electron chi connectivity index (χ0n) is 9.55. The summed E-state index contributed by atoms with van der Waals surface area (Å²) in [7, 11) is 0. The Morgan fingerprint density at radius 1 is 1.56 bits per heavy atom. The maximum Gasteiger partial charge on any atom is 0.138 e. The maximum absolute atomic E-state index is 6.08. The lowest BCUT2D eigenvalue weighted by atomic mass is 10.1. The van der Waals surface area contributed by atoms with Gasteiger partial charge in [-0.1, -0.05) is 0 Å². The van der Waals surface area contributed by atoms with Gasteiger partial charge in [0.2, 0.25) is 0 Å². The Morgan fingerprint density at radius 2 is 2.38 bits per heavy atom. The smallest absolute Gasteiger partial charge is 0.138 e. The highest BCUT2D eigenvalue weighted by atomic mass is 16.3. The number of nitrogens with two attached hydrogens (primary N) is 1. The zero-order valence-corrected chi connectivity index (χ0v) is 9.55. The number of nitrogens with zero attached hydrogens (tertiary/aromatic N) is 3. The summed E-state index contributed by atoms with van der Waals surface area (Å²) in [6.45, 7) is 4.75. The summed E-state index contributed by atoms with van der Waals surface area (Å²) in [4.78, 5) is 4.20. The first-order chi connectivity index (χ1) is 7.70. The number of hydrogen-bond donors (Lipinski definition) is 1. The van der Waals surface area contributed by atoms with Gasteiger partial charge in [-0.15, -0.1) is 0 Å². The lowest BCUT2D eigenvalue weighted by Gasteiger charge is -2.09. The van der Waals surface area contributed by atoms with E-state index in [1.54, 1.807) is 12.6 Å². The van der Waals surface area contributed by atoms with Crippen LogP contribution in [0.25, 0.3) is 0 Å². The average molecular weight is 220 g/mol. The molecule has 16 heavy (non-hydrogen) atoms. The van der Waals surface area contributed by atoms with Crippen LogP contribution in [0.4, 0.5) is 0 Å². The first-order valence-electron chi connectivity index (χ1n) is 5.38. The van der Waals surface area contributed by atoms with E-state index in [-0.39, 0.29) is 6.04 Å². The number of hydrogen-bond acceptors (Lipinski definition) is 4. The second-order valence-electron chi connectivity index (χ2n) is 3.79. The fourth-order valence-corrected chi connectivity index (χ4v) is 1.68. The molecule has 0 aromatic carbocycles. The first kappa shape index (κ1) is 10.9. The van der Waals surface area contributed by atoms with Crippen LogP contribution in [0.15, 0.2) is 23.1 Å². The molecule has 0 aliphatic carbocycles. The van der Waals surface area contributed by atoms with Gasteiger partial charge in [-0.25, -0.2) is 4.98 Å². The second-order valence-corrected chi connectivity index (χ2v) is 3.79. The van der Waals surface area contributed by atoms with Crippen LogP contribution in [0.3, 0.4) is 0 Å². The molecular weight excluding hydrogens is 204 g/mol. The van der Waals surface area contributed by atoms with Gasteiger partial charge in [0, 0.05) is 24.6 Å². The van der Waals surface area contributed by atoms with Crippen LogP contribution in [-0.4, -0.2) is 14.8 Å². The van der Waals surface area contributed by atoms with Gasteiger partial charge in [0.15, 0.2) is 0 Å². The molecule has 0 amide bonds. The fourth-order valence-electron chi connectivity index (χ4n) is 1.68. The van der Waals surface area contributed by atoms with Crippen LogP contribution in [0.5, 0.6) is 0 Å². The number of aromatic nitrogens is 3. The zero-order chi connectivity index (χ0) is 11.5. The van der Waals surface area contributed by atoms with Crippen molar-refractivity contribution in [1.82, 2.24) is 14.8 Å². The fraction of sp³-hybridized carbons (Fsp3) is 0.455. The van der Waals surface area contributed by atoms with E-state index in [1.807, 2.05) is 24.6 Å². The number of furan rings is 1. The van der Waals surface area contributed by atoms with E-state index >= 15 is 0 Å². The van der Waals surface area contributed by atoms with Gasteiger partial charge in [0.05, 0.1) is 6.26 Å². The highest BCUT2D eigenvalue weighted by Gasteiger charge is 2.13. The quantitative estimate of drug-likeness (QED) is 0.846. The molecule has 5 nitrogen and oxygen atoms in total. The topological polar surface area (TPSA) is 69.9 Å². The molecule has 0 aliphatic rings. The van der Waals surface area contributed by atoms with E-state index in [4.69, 9.17) is 10.2 Å². The Kier molecular flexibility index (Phi) is 3.05. The largest absolute Gasteiger partial charge is 0.469 e. The maximum atomic E-state index is 6.08. The Morgan fingerprint density at radius 3 is 3.00 bits per heavy atom. The van der Waals surface area contributed by atoms with E-state index < -0.39 is 0 Å². The molecule has 0 radical (unpaired) electrons. The van der Waals surface area contributed by atoms with E-state index in [1.165, 1.54) is 0 Å². The highest BCUT2D eigenvalue weighted by Crippen LogP contribution is 2.17. The number of rotatable bonds is 4. The molecule has 0 fully saturated rings. The van der Waals surface area contributed by atoms with Gasteiger partial charge in [-0.3, -0.25) is 4.68 Å². The normalized spacial score (nSPS) is 12.9. The third-order valence-electron chi connectivity index (χ3n) is 2.58. The van der Waals surface area contributed by atoms with Crippen molar-refractivity contribution in [3.05, 3.63) is 35.8 Å². The summed E-state index contributed by atoms with van der Waals surface area (Å²) < 4.78 is 7.09. The van der Waals surface area contributed by atoms with Crippen molar-refractivity contribution in [3.8, 4) is 0 Å². The second kappa shape index (κ2) is 4.49. The van der Waals surface area contributed by atoms with Gasteiger partial charge in [0.1, 0.15) is 17.9 Å². The van der Waals surface area contributed by atoms with Gasteiger partial charge in [0.25, 0.3) is 0 Å². The monoisotopic (exact) mass is 220 g/mol. The van der Waals surface area contributed by atoms with E-state index in [0.29, 0.717) is 6.42 Å². The predicted molar refractivity (Wildman–Crippen MR) is 59.8 cm³/mol. The molecule has 2 aromatic heterocycles. The minimum atomic E-state index is -0.0908. The minimum absolute atomic E-state index is 0.0908. The Balaban J connectivity index is 2.10. The van der Waals surface area contributed by atoms with Crippen molar-refractivity contribution in [1.29, 1.82) is 0 Å². The Bertz CT molecular complexity index is 460. The highest BCUT2D eigenvalue weighted by molar-refractivity contribution is 5.17. The molecule has 2 N–H and O–H groups in total. The lowest BCUT2D eigenvalue weighted by molar-refractivity contribution is 0.525.